The maximum absolute atomic E-state index is 13.8. The van der Waals surface area contributed by atoms with Crippen molar-refractivity contribution in [3.05, 3.63) is 53.3 Å². The number of ether oxygens (including phenoxy) is 2. The highest BCUT2D eigenvalue weighted by atomic mass is 19.1. The van der Waals surface area contributed by atoms with Crippen LogP contribution in [0.25, 0.3) is 0 Å². The maximum atomic E-state index is 13.8. The van der Waals surface area contributed by atoms with E-state index in [1.165, 1.54) is 26.2 Å². The van der Waals surface area contributed by atoms with Gasteiger partial charge in [0.15, 0.2) is 17.3 Å². The first-order valence-corrected chi connectivity index (χ1v) is 6.12. The lowest BCUT2D eigenvalue weighted by Gasteiger charge is -2.13. The fourth-order valence-corrected chi connectivity index (χ4v) is 1.88. The number of halogens is 1. The molecule has 0 bridgehead atoms. The number of hydrogen-bond acceptors (Lipinski definition) is 4. The fraction of sp³-hybridized carbons (Fsp3) is 0.125. The van der Waals surface area contributed by atoms with Crippen LogP contribution in [0, 0.1) is 17.1 Å². The van der Waals surface area contributed by atoms with Crippen LogP contribution in [0.2, 0.25) is 0 Å². The summed E-state index contributed by atoms with van der Waals surface area (Å²) in [6.07, 6.45) is 0. The van der Waals surface area contributed by atoms with Crippen LogP contribution in [0.5, 0.6) is 17.2 Å². The van der Waals surface area contributed by atoms with Crippen molar-refractivity contribution >= 4 is 5.78 Å². The molecule has 0 heterocycles. The molecule has 0 unspecified atom stereocenters. The zero-order chi connectivity index (χ0) is 15.4. The normalized spacial score (nSPS) is 9.81. The van der Waals surface area contributed by atoms with Crippen LogP contribution in [0.3, 0.4) is 0 Å². The van der Waals surface area contributed by atoms with Crippen LogP contribution in [-0.4, -0.2) is 12.9 Å². The molecule has 0 N–H and O–H groups in total. The second kappa shape index (κ2) is 6.06. The molecule has 2 rings (SSSR count). The van der Waals surface area contributed by atoms with E-state index in [-0.39, 0.29) is 28.4 Å². The number of rotatable bonds is 4. The number of hydrogen-bond donors (Lipinski definition) is 0. The average molecular weight is 285 g/mol. The van der Waals surface area contributed by atoms with Crippen LogP contribution in [0.15, 0.2) is 36.4 Å². The first-order chi connectivity index (χ1) is 10.1. The number of ketones is 1. The van der Waals surface area contributed by atoms with Crippen LogP contribution < -0.4 is 9.47 Å². The number of Topliss-reactive ketones (excluding diaryl/α,β-unsaturated/α-hetero) is 1. The van der Waals surface area contributed by atoms with Gasteiger partial charge in [-0.15, -0.1) is 0 Å². The highest BCUT2D eigenvalue weighted by molar-refractivity contribution is 5.99. The van der Waals surface area contributed by atoms with Crippen LogP contribution >= 0.6 is 0 Å². The predicted octanol–water partition coefficient (Wildman–Crippen LogP) is 3.70. The van der Waals surface area contributed by atoms with Gasteiger partial charge in [0.2, 0.25) is 0 Å². The Hall–Kier alpha value is -2.87. The zero-order valence-corrected chi connectivity index (χ0v) is 11.5. The molecule has 0 amide bonds. The van der Waals surface area contributed by atoms with Crippen LogP contribution in [0.1, 0.15) is 22.8 Å². The van der Waals surface area contributed by atoms with Crippen molar-refractivity contribution in [3.63, 3.8) is 0 Å². The van der Waals surface area contributed by atoms with Crippen molar-refractivity contribution in [2.24, 2.45) is 0 Å². The first kappa shape index (κ1) is 14.5. The highest BCUT2D eigenvalue weighted by Crippen LogP contribution is 2.33. The van der Waals surface area contributed by atoms with Gasteiger partial charge < -0.3 is 9.47 Å². The Kier molecular flexibility index (Phi) is 4.19. The molecule has 2 aromatic rings. The molecule has 21 heavy (non-hydrogen) atoms. The Balaban J connectivity index is 2.45. The third kappa shape index (κ3) is 3.00. The Bertz CT molecular complexity index is 735. The molecule has 0 spiro atoms. The van der Waals surface area contributed by atoms with Crippen molar-refractivity contribution in [2.75, 3.05) is 7.11 Å². The van der Waals surface area contributed by atoms with Gasteiger partial charge in [0.1, 0.15) is 17.1 Å². The summed E-state index contributed by atoms with van der Waals surface area (Å²) in [5.74, 6) is -0.438. The summed E-state index contributed by atoms with van der Waals surface area (Å²) >= 11 is 0. The summed E-state index contributed by atoms with van der Waals surface area (Å²) in [7, 11) is 1.44. The minimum atomic E-state index is -0.675. The molecule has 0 saturated carbocycles. The van der Waals surface area contributed by atoms with E-state index < -0.39 is 5.82 Å². The van der Waals surface area contributed by atoms with Crippen molar-refractivity contribution < 1.29 is 18.7 Å². The van der Waals surface area contributed by atoms with E-state index in [0.717, 1.165) is 6.07 Å². The van der Waals surface area contributed by atoms with Gasteiger partial charge >= 0.3 is 0 Å². The Morgan fingerprint density at radius 1 is 1.19 bits per heavy atom. The van der Waals surface area contributed by atoms with Crippen molar-refractivity contribution in [2.45, 2.75) is 6.92 Å². The van der Waals surface area contributed by atoms with Crippen molar-refractivity contribution in [1.29, 1.82) is 5.26 Å². The summed E-state index contributed by atoms with van der Waals surface area (Å²) in [4.78, 5) is 11.7. The number of carbonyl (C=O) groups is 1. The van der Waals surface area contributed by atoms with E-state index in [1.54, 1.807) is 18.2 Å². The molecule has 5 heteroatoms. The molecule has 0 radical (unpaired) electrons. The second-order valence-corrected chi connectivity index (χ2v) is 4.25. The topological polar surface area (TPSA) is 59.3 Å². The lowest BCUT2D eigenvalue weighted by atomic mass is 10.1. The largest absolute Gasteiger partial charge is 0.496 e. The monoisotopic (exact) mass is 285 g/mol. The van der Waals surface area contributed by atoms with Gasteiger partial charge in [-0.2, -0.15) is 5.26 Å². The van der Waals surface area contributed by atoms with Crippen LogP contribution in [-0.2, 0) is 0 Å². The highest BCUT2D eigenvalue weighted by Gasteiger charge is 2.16. The van der Waals surface area contributed by atoms with E-state index in [1.807, 2.05) is 6.07 Å². The summed E-state index contributed by atoms with van der Waals surface area (Å²) in [6, 6.07) is 10.5. The summed E-state index contributed by atoms with van der Waals surface area (Å²) in [6.45, 7) is 1.37. The summed E-state index contributed by atoms with van der Waals surface area (Å²) in [5, 5.41) is 8.71. The number of carbonyl (C=O) groups excluding carboxylic acids is 1. The lowest BCUT2D eigenvalue weighted by molar-refractivity contribution is 0.101. The molecule has 0 aliphatic rings. The fourth-order valence-electron chi connectivity index (χ4n) is 1.88. The van der Waals surface area contributed by atoms with E-state index >= 15 is 0 Å². The van der Waals surface area contributed by atoms with Gasteiger partial charge in [-0.25, -0.2) is 4.39 Å². The van der Waals surface area contributed by atoms with E-state index in [9.17, 15) is 9.18 Å². The Labute approximate surface area is 121 Å². The maximum Gasteiger partial charge on any atom is 0.167 e. The van der Waals surface area contributed by atoms with Gasteiger partial charge in [-0.3, -0.25) is 4.79 Å². The standard InChI is InChI=1S/C16H12FNO3/c1-10(19)16-14(20-2)4-3-5-15(16)21-13-7-6-11(9-18)8-12(13)17/h3-8H,1-2H3. The van der Waals surface area contributed by atoms with Crippen molar-refractivity contribution in [3.8, 4) is 23.3 Å². The lowest BCUT2D eigenvalue weighted by Crippen LogP contribution is -2.01. The molecule has 4 nitrogen and oxygen atoms in total. The zero-order valence-electron chi connectivity index (χ0n) is 11.5. The molecular formula is C16H12FNO3. The Morgan fingerprint density at radius 2 is 1.90 bits per heavy atom. The van der Waals surface area contributed by atoms with E-state index in [2.05, 4.69) is 0 Å². The summed E-state index contributed by atoms with van der Waals surface area (Å²) < 4.78 is 24.4. The van der Waals surface area contributed by atoms with E-state index in [4.69, 9.17) is 14.7 Å². The Morgan fingerprint density at radius 3 is 2.48 bits per heavy atom. The minimum absolute atomic E-state index is 0.0650. The minimum Gasteiger partial charge on any atom is -0.496 e. The molecule has 0 saturated heterocycles. The quantitative estimate of drug-likeness (QED) is 0.804. The van der Waals surface area contributed by atoms with E-state index in [0.29, 0.717) is 5.75 Å². The summed E-state index contributed by atoms with van der Waals surface area (Å²) in [5.41, 5.74) is 0.432. The molecular weight excluding hydrogens is 273 g/mol. The average Bonchev–Trinajstić information content (AvgIpc) is 2.48. The van der Waals surface area contributed by atoms with Gasteiger partial charge in [0.05, 0.1) is 18.7 Å². The predicted molar refractivity (Wildman–Crippen MR) is 74.2 cm³/mol. The molecule has 0 fully saturated rings. The smallest absolute Gasteiger partial charge is 0.167 e. The molecule has 0 aliphatic carbocycles. The SMILES string of the molecule is COc1cccc(Oc2ccc(C#N)cc2F)c1C(C)=O. The molecule has 0 aliphatic heterocycles. The third-order valence-electron chi connectivity index (χ3n) is 2.84. The van der Waals surface area contributed by atoms with Crippen LogP contribution in [0.4, 0.5) is 4.39 Å². The molecule has 0 aromatic heterocycles. The van der Waals surface area contributed by atoms with Gasteiger partial charge in [-0.05, 0) is 37.3 Å². The number of nitriles is 1. The second-order valence-electron chi connectivity index (χ2n) is 4.25. The van der Waals surface area contributed by atoms with Gasteiger partial charge in [0.25, 0.3) is 0 Å². The first-order valence-electron chi connectivity index (χ1n) is 6.12. The molecule has 0 atom stereocenters. The third-order valence-corrected chi connectivity index (χ3v) is 2.84. The number of nitrogens with zero attached hydrogens (tertiary/aromatic N) is 1. The number of benzene rings is 2. The molecule has 106 valence electrons. The van der Waals surface area contributed by atoms with Crippen molar-refractivity contribution in [1.82, 2.24) is 0 Å². The van der Waals surface area contributed by atoms with Gasteiger partial charge in [-0.1, -0.05) is 6.07 Å². The van der Waals surface area contributed by atoms with Gasteiger partial charge in [0, 0.05) is 0 Å². The molecule has 2 aromatic carbocycles. The number of methoxy groups -OCH3 is 1.